The van der Waals surface area contributed by atoms with Gasteiger partial charge in [-0.15, -0.1) is 10.2 Å². The van der Waals surface area contributed by atoms with Crippen molar-refractivity contribution < 1.29 is 9.47 Å². The van der Waals surface area contributed by atoms with Crippen LogP contribution in [0.2, 0.25) is 10.0 Å². The predicted octanol–water partition coefficient (Wildman–Crippen LogP) is 5.86. The lowest BCUT2D eigenvalue weighted by Gasteiger charge is -2.13. The minimum Gasteiger partial charge on any atom is -0.493 e. The van der Waals surface area contributed by atoms with Gasteiger partial charge in [0.1, 0.15) is 0 Å². The molecule has 0 saturated carbocycles. The van der Waals surface area contributed by atoms with Crippen LogP contribution in [-0.4, -0.2) is 34.3 Å². The van der Waals surface area contributed by atoms with Crippen LogP contribution >= 0.6 is 35.0 Å². The number of hydrogen-bond donors (Lipinski definition) is 0. The van der Waals surface area contributed by atoms with E-state index >= 15 is 0 Å². The molecule has 0 unspecified atom stereocenters. The van der Waals surface area contributed by atoms with Crippen LogP contribution < -0.4 is 9.47 Å². The first-order valence-electron chi connectivity index (χ1n) is 9.25. The van der Waals surface area contributed by atoms with E-state index in [0.717, 1.165) is 11.1 Å². The zero-order valence-corrected chi connectivity index (χ0v) is 19.4. The third-order valence-corrected chi connectivity index (χ3v) is 5.57. The van der Waals surface area contributed by atoms with Crippen LogP contribution in [0.15, 0.2) is 46.7 Å². The van der Waals surface area contributed by atoms with E-state index in [-0.39, 0.29) is 6.10 Å². The van der Waals surface area contributed by atoms with E-state index in [0.29, 0.717) is 38.3 Å². The van der Waals surface area contributed by atoms with E-state index in [1.165, 1.54) is 11.8 Å². The minimum atomic E-state index is 0.0619. The molecular formula is C21H22Cl2N4O2S. The molecule has 158 valence electrons. The maximum absolute atomic E-state index is 6.26. The Morgan fingerprint density at radius 1 is 1.13 bits per heavy atom. The molecule has 0 spiro atoms. The van der Waals surface area contributed by atoms with Gasteiger partial charge < -0.3 is 9.47 Å². The van der Waals surface area contributed by atoms with Gasteiger partial charge in [0.05, 0.1) is 19.4 Å². The van der Waals surface area contributed by atoms with Gasteiger partial charge in [-0.1, -0.05) is 41.0 Å². The summed E-state index contributed by atoms with van der Waals surface area (Å²) in [5.74, 6) is 2.66. The average molecular weight is 465 g/mol. The SMILES string of the molecule is COc1cc(/C=N/n2c(C)nnc2SCc2ccc(Cl)cc2Cl)ccc1OC(C)C. The maximum Gasteiger partial charge on any atom is 0.212 e. The molecule has 1 heterocycles. The second-order valence-electron chi connectivity index (χ2n) is 6.69. The fraction of sp³-hybridized carbons (Fsp3) is 0.286. The highest BCUT2D eigenvalue weighted by Crippen LogP contribution is 2.29. The Hall–Kier alpha value is -2.22. The second-order valence-corrected chi connectivity index (χ2v) is 8.47. The van der Waals surface area contributed by atoms with E-state index in [1.807, 2.05) is 51.1 Å². The molecule has 3 rings (SSSR count). The molecule has 9 heteroatoms. The summed E-state index contributed by atoms with van der Waals surface area (Å²) in [5.41, 5.74) is 1.83. The van der Waals surface area contributed by atoms with Crippen molar-refractivity contribution >= 4 is 41.2 Å². The van der Waals surface area contributed by atoms with Gasteiger partial charge in [-0.2, -0.15) is 9.78 Å². The molecule has 6 nitrogen and oxygen atoms in total. The summed E-state index contributed by atoms with van der Waals surface area (Å²) in [6, 6.07) is 11.1. The van der Waals surface area contributed by atoms with Gasteiger partial charge in [0.2, 0.25) is 5.16 Å². The monoisotopic (exact) mass is 464 g/mol. The van der Waals surface area contributed by atoms with Crippen LogP contribution in [-0.2, 0) is 5.75 Å². The zero-order chi connectivity index (χ0) is 21.7. The number of thioether (sulfide) groups is 1. The number of rotatable bonds is 8. The molecule has 0 fully saturated rings. The van der Waals surface area contributed by atoms with Crippen LogP contribution in [0.25, 0.3) is 0 Å². The molecule has 0 bridgehead atoms. The summed E-state index contributed by atoms with van der Waals surface area (Å²) in [4.78, 5) is 0. The molecule has 1 aromatic heterocycles. The van der Waals surface area contributed by atoms with E-state index in [9.17, 15) is 0 Å². The van der Waals surface area contributed by atoms with Crippen LogP contribution in [0.4, 0.5) is 0 Å². The molecule has 3 aromatic rings. The fourth-order valence-corrected chi connectivity index (χ4v) is 4.07. The standard InChI is InChI=1S/C21H22Cl2N4O2S/c1-13(2)29-19-8-5-15(9-20(19)28-4)11-24-27-14(3)25-26-21(27)30-12-16-6-7-17(22)10-18(16)23/h5-11,13H,12H2,1-4H3/b24-11+. The summed E-state index contributed by atoms with van der Waals surface area (Å²) in [7, 11) is 1.62. The first kappa shape index (κ1) is 22.5. The Labute approximate surface area is 190 Å². The predicted molar refractivity (Wildman–Crippen MR) is 123 cm³/mol. The van der Waals surface area contributed by atoms with Crippen molar-refractivity contribution in [3.63, 3.8) is 0 Å². The Morgan fingerprint density at radius 2 is 1.93 bits per heavy atom. The molecule has 0 saturated heterocycles. The van der Waals surface area contributed by atoms with Crippen LogP contribution in [0.1, 0.15) is 30.8 Å². The quantitative estimate of drug-likeness (QED) is 0.308. The summed E-state index contributed by atoms with van der Waals surface area (Å²) >= 11 is 13.7. The molecule has 2 aromatic carbocycles. The zero-order valence-electron chi connectivity index (χ0n) is 17.1. The Balaban J connectivity index is 1.77. The highest BCUT2D eigenvalue weighted by atomic mass is 35.5. The third kappa shape index (κ3) is 5.68. The summed E-state index contributed by atoms with van der Waals surface area (Å²) in [5, 5.41) is 14.8. The number of nitrogens with zero attached hydrogens (tertiary/aromatic N) is 4. The lowest BCUT2D eigenvalue weighted by Crippen LogP contribution is -2.06. The smallest absolute Gasteiger partial charge is 0.212 e. The second kappa shape index (κ2) is 10.2. The number of hydrogen-bond acceptors (Lipinski definition) is 6. The molecule has 30 heavy (non-hydrogen) atoms. The third-order valence-electron chi connectivity index (χ3n) is 4.01. The van der Waals surface area contributed by atoms with Crippen molar-refractivity contribution in [2.75, 3.05) is 7.11 Å². The van der Waals surface area contributed by atoms with Gasteiger partial charge in [-0.05, 0) is 62.2 Å². The van der Waals surface area contributed by atoms with Crippen LogP contribution in [0, 0.1) is 6.92 Å². The maximum atomic E-state index is 6.26. The van der Waals surface area contributed by atoms with Crippen molar-refractivity contribution in [2.45, 2.75) is 37.8 Å². The summed E-state index contributed by atoms with van der Waals surface area (Å²) in [6.45, 7) is 5.80. The molecule has 0 atom stereocenters. The Morgan fingerprint density at radius 3 is 2.63 bits per heavy atom. The van der Waals surface area contributed by atoms with Gasteiger partial charge in [-0.25, -0.2) is 0 Å². The van der Waals surface area contributed by atoms with Gasteiger partial charge in [-0.3, -0.25) is 0 Å². The number of aromatic nitrogens is 3. The number of aryl methyl sites for hydroxylation is 1. The summed E-state index contributed by atoms with van der Waals surface area (Å²) < 4.78 is 12.9. The lowest BCUT2D eigenvalue weighted by molar-refractivity contribution is 0.230. The van der Waals surface area contributed by atoms with Crippen molar-refractivity contribution in [3.05, 3.63) is 63.4 Å². The first-order chi connectivity index (χ1) is 14.4. The highest BCUT2D eigenvalue weighted by Gasteiger charge is 2.11. The summed E-state index contributed by atoms with van der Waals surface area (Å²) in [6.07, 6.45) is 1.80. The van der Waals surface area contributed by atoms with E-state index in [1.54, 1.807) is 24.1 Å². The molecule has 0 N–H and O–H groups in total. The van der Waals surface area contributed by atoms with E-state index < -0.39 is 0 Å². The van der Waals surface area contributed by atoms with Gasteiger partial charge in [0.15, 0.2) is 17.3 Å². The first-order valence-corrected chi connectivity index (χ1v) is 11.0. The largest absolute Gasteiger partial charge is 0.493 e. The van der Waals surface area contributed by atoms with Crippen molar-refractivity contribution in [1.29, 1.82) is 0 Å². The Bertz CT molecular complexity index is 1050. The number of methoxy groups -OCH3 is 1. The molecule has 0 aliphatic carbocycles. The van der Waals surface area contributed by atoms with Crippen molar-refractivity contribution in [1.82, 2.24) is 14.9 Å². The van der Waals surface area contributed by atoms with Gasteiger partial charge in [0.25, 0.3) is 0 Å². The number of benzene rings is 2. The highest BCUT2D eigenvalue weighted by molar-refractivity contribution is 7.98. The molecule has 0 amide bonds. The van der Waals surface area contributed by atoms with Gasteiger partial charge in [0, 0.05) is 15.8 Å². The Kier molecular flexibility index (Phi) is 7.64. The average Bonchev–Trinajstić information content (AvgIpc) is 3.05. The minimum absolute atomic E-state index is 0.0619. The topological polar surface area (TPSA) is 61.5 Å². The van der Waals surface area contributed by atoms with Gasteiger partial charge >= 0.3 is 0 Å². The van der Waals surface area contributed by atoms with E-state index in [2.05, 4.69) is 15.3 Å². The van der Waals surface area contributed by atoms with Crippen LogP contribution in [0.3, 0.4) is 0 Å². The normalized spacial score (nSPS) is 11.4. The molecule has 0 radical (unpaired) electrons. The molecule has 0 aliphatic rings. The molecule has 0 aliphatic heterocycles. The van der Waals surface area contributed by atoms with Crippen molar-refractivity contribution in [2.24, 2.45) is 5.10 Å². The lowest BCUT2D eigenvalue weighted by atomic mass is 10.2. The van der Waals surface area contributed by atoms with Crippen molar-refractivity contribution in [3.8, 4) is 11.5 Å². The van der Waals surface area contributed by atoms with E-state index in [4.69, 9.17) is 32.7 Å². The molecular weight excluding hydrogens is 443 g/mol. The number of ether oxygens (including phenoxy) is 2. The fourth-order valence-electron chi connectivity index (χ4n) is 2.58. The van der Waals surface area contributed by atoms with Crippen LogP contribution in [0.5, 0.6) is 11.5 Å². The number of halogens is 2.